The number of fused-ring (bicyclic) bond motifs is 2. The number of Topliss-reactive ketones (excluding diaryl/α,β-unsaturated/α-hetero) is 2. The number of imide groups is 1. The molecule has 0 radical (unpaired) electrons. The molecule has 3 amide bonds. The maximum Gasteiger partial charge on any atom is 0.270 e. The van der Waals surface area contributed by atoms with Crippen molar-refractivity contribution >= 4 is 40.1 Å². The highest BCUT2D eigenvalue weighted by molar-refractivity contribution is 6.24. The Bertz CT molecular complexity index is 1360. The average molecular weight is 441 g/mol. The first-order valence-corrected chi connectivity index (χ1v) is 10.6. The Morgan fingerprint density at radius 2 is 1.79 bits per heavy atom. The van der Waals surface area contributed by atoms with E-state index in [0.29, 0.717) is 5.56 Å². The zero-order valence-corrected chi connectivity index (χ0v) is 17.5. The number of nitrogens with zero attached hydrogens (tertiary/aromatic N) is 2. The Hall–Kier alpha value is -4.20. The second-order valence-corrected chi connectivity index (χ2v) is 8.16. The van der Waals surface area contributed by atoms with Gasteiger partial charge in [0, 0.05) is 24.5 Å². The van der Waals surface area contributed by atoms with E-state index in [1.54, 1.807) is 24.4 Å². The molecule has 1 N–H and O–H groups in total. The van der Waals surface area contributed by atoms with Crippen molar-refractivity contribution in [1.82, 2.24) is 15.2 Å². The largest absolute Gasteiger partial charge is 0.347 e. The topological polar surface area (TPSA) is 114 Å². The van der Waals surface area contributed by atoms with Crippen molar-refractivity contribution in [3.05, 3.63) is 77.1 Å². The van der Waals surface area contributed by atoms with E-state index in [0.717, 1.165) is 15.7 Å². The molecule has 1 aliphatic carbocycles. The van der Waals surface area contributed by atoms with Crippen LogP contribution in [-0.4, -0.2) is 45.2 Å². The number of benzene rings is 2. The molecule has 164 valence electrons. The van der Waals surface area contributed by atoms with E-state index in [2.05, 4.69) is 10.3 Å². The highest BCUT2D eigenvalue weighted by Gasteiger charge is 2.45. The molecule has 1 saturated carbocycles. The molecule has 1 fully saturated rings. The maximum atomic E-state index is 13.2. The average Bonchev–Trinajstić information content (AvgIpc) is 3.08. The molecule has 2 aliphatic rings. The second kappa shape index (κ2) is 8.05. The lowest BCUT2D eigenvalue weighted by molar-refractivity contribution is -0.132. The zero-order chi connectivity index (χ0) is 23.1. The third-order valence-electron chi connectivity index (χ3n) is 6.09. The van der Waals surface area contributed by atoms with Crippen LogP contribution in [0.2, 0.25) is 0 Å². The van der Waals surface area contributed by atoms with E-state index in [1.165, 1.54) is 6.07 Å². The van der Waals surface area contributed by atoms with Gasteiger partial charge >= 0.3 is 0 Å². The number of ketones is 2. The third-order valence-corrected chi connectivity index (χ3v) is 6.09. The van der Waals surface area contributed by atoms with Crippen LogP contribution in [0, 0.1) is 0 Å². The number of carbonyl (C=O) groups is 5. The van der Waals surface area contributed by atoms with Gasteiger partial charge in [-0.2, -0.15) is 0 Å². The van der Waals surface area contributed by atoms with Crippen molar-refractivity contribution in [2.45, 2.75) is 31.8 Å². The number of aromatic nitrogens is 1. The molecule has 1 aromatic heterocycles. The summed E-state index contributed by atoms with van der Waals surface area (Å²) in [5, 5.41) is 4.55. The van der Waals surface area contributed by atoms with Crippen molar-refractivity contribution in [3.8, 4) is 0 Å². The molecule has 2 heterocycles. The van der Waals surface area contributed by atoms with Gasteiger partial charge in [0.1, 0.15) is 11.5 Å². The molecular formula is C25H19N3O5. The molecule has 1 unspecified atom stereocenters. The Kier molecular flexibility index (Phi) is 5.05. The first-order chi connectivity index (χ1) is 15.9. The minimum atomic E-state index is -0.931. The lowest BCUT2D eigenvalue weighted by Gasteiger charge is -2.27. The monoisotopic (exact) mass is 441 g/mol. The number of hydrogen-bond acceptors (Lipinski definition) is 6. The second-order valence-electron chi connectivity index (χ2n) is 8.16. The summed E-state index contributed by atoms with van der Waals surface area (Å²) in [7, 11) is 0. The highest BCUT2D eigenvalue weighted by atomic mass is 16.2. The standard InChI is InChI=1S/C25H19N3O5/c29-17-8-9-20(21(30)11-17)28-24(32)18-7-3-6-16(22(18)25(28)33)13-27-23(31)19-10-14-4-1-2-5-15(14)12-26-19/h1-7,10,12,20H,8-9,11,13H2,(H,27,31). The summed E-state index contributed by atoms with van der Waals surface area (Å²) in [4.78, 5) is 67.9. The minimum Gasteiger partial charge on any atom is -0.347 e. The normalized spacial score (nSPS) is 18.1. The van der Waals surface area contributed by atoms with Crippen LogP contribution in [0.4, 0.5) is 0 Å². The molecular weight excluding hydrogens is 422 g/mol. The minimum absolute atomic E-state index is 0.0144. The van der Waals surface area contributed by atoms with Gasteiger partial charge in [0.05, 0.1) is 23.6 Å². The van der Waals surface area contributed by atoms with E-state index in [1.807, 2.05) is 24.3 Å². The molecule has 3 aromatic rings. The van der Waals surface area contributed by atoms with Crippen LogP contribution in [0.3, 0.4) is 0 Å². The molecule has 1 aliphatic heterocycles. The SMILES string of the molecule is O=C1CCC(N2C(=O)c3cccc(CNC(=O)c4cc5ccccc5cn4)c3C2=O)C(=O)C1. The fourth-order valence-electron chi connectivity index (χ4n) is 4.41. The molecule has 33 heavy (non-hydrogen) atoms. The molecule has 0 spiro atoms. The van der Waals surface area contributed by atoms with Gasteiger partial charge in [-0.3, -0.25) is 33.9 Å². The molecule has 0 bridgehead atoms. The van der Waals surface area contributed by atoms with E-state index in [9.17, 15) is 24.0 Å². The van der Waals surface area contributed by atoms with Crippen LogP contribution in [-0.2, 0) is 16.1 Å². The first kappa shape index (κ1) is 20.7. The number of rotatable bonds is 4. The lowest BCUT2D eigenvalue weighted by atomic mass is 9.92. The van der Waals surface area contributed by atoms with Gasteiger partial charge in [0.2, 0.25) is 0 Å². The summed E-state index contributed by atoms with van der Waals surface area (Å²) in [5.74, 6) is -2.13. The Morgan fingerprint density at radius 3 is 2.58 bits per heavy atom. The Morgan fingerprint density at radius 1 is 1.00 bits per heavy atom. The molecule has 0 saturated heterocycles. The van der Waals surface area contributed by atoms with Gasteiger partial charge in [-0.05, 0) is 29.5 Å². The molecule has 1 atom stereocenters. The van der Waals surface area contributed by atoms with Gasteiger partial charge < -0.3 is 5.32 Å². The maximum absolute atomic E-state index is 13.2. The van der Waals surface area contributed by atoms with Gasteiger partial charge in [-0.15, -0.1) is 0 Å². The van der Waals surface area contributed by atoms with Crippen LogP contribution in [0.5, 0.6) is 0 Å². The Labute approximate surface area is 188 Å². The lowest BCUT2D eigenvalue weighted by Crippen LogP contribution is -2.47. The highest BCUT2D eigenvalue weighted by Crippen LogP contribution is 2.31. The quantitative estimate of drug-likeness (QED) is 0.492. The van der Waals surface area contributed by atoms with Crippen molar-refractivity contribution in [2.75, 3.05) is 0 Å². The molecule has 2 aromatic carbocycles. The number of nitrogens with one attached hydrogen (secondary N) is 1. The van der Waals surface area contributed by atoms with Crippen molar-refractivity contribution in [3.63, 3.8) is 0 Å². The first-order valence-electron chi connectivity index (χ1n) is 10.6. The fourth-order valence-corrected chi connectivity index (χ4v) is 4.41. The van der Waals surface area contributed by atoms with Gasteiger partial charge in [0.25, 0.3) is 17.7 Å². The molecule has 8 heteroatoms. The van der Waals surface area contributed by atoms with Crippen molar-refractivity contribution in [2.24, 2.45) is 0 Å². The van der Waals surface area contributed by atoms with E-state index >= 15 is 0 Å². The number of hydrogen-bond donors (Lipinski definition) is 1. The Balaban J connectivity index is 1.37. The number of pyridine rings is 1. The van der Waals surface area contributed by atoms with E-state index < -0.39 is 29.5 Å². The van der Waals surface area contributed by atoms with Crippen LogP contribution in [0.25, 0.3) is 10.8 Å². The summed E-state index contributed by atoms with van der Waals surface area (Å²) >= 11 is 0. The van der Waals surface area contributed by atoms with E-state index in [4.69, 9.17) is 0 Å². The summed E-state index contributed by atoms with van der Waals surface area (Å²) in [6.07, 6.45) is 1.66. The molecule has 5 rings (SSSR count). The summed E-state index contributed by atoms with van der Waals surface area (Å²) in [5.41, 5.74) is 1.09. The van der Waals surface area contributed by atoms with Gasteiger partial charge in [-0.1, -0.05) is 36.4 Å². The summed E-state index contributed by atoms with van der Waals surface area (Å²) in [6.45, 7) is 0.0144. The van der Waals surface area contributed by atoms with Crippen LogP contribution in [0.1, 0.15) is 56.0 Å². The molecule has 8 nitrogen and oxygen atoms in total. The van der Waals surface area contributed by atoms with Gasteiger partial charge in [0.15, 0.2) is 5.78 Å². The smallest absolute Gasteiger partial charge is 0.270 e. The predicted octanol–water partition coefficient (Wildman–Crippen LogP) is 2.45. The number of amides is 3. The zero-order valence-electron chi connectivity index (χ0n) is 17.5. The van der Waals surface area contributed by atoms with Crippen molar-refractivity contribution < 1.29 is 24.0 Å². The summed E-state index contributed by atoms with van der Waals surface area (Å²) < 4.78 is 0. The van der Waals surface area contributed by atoms with E-state index in [-0.39, 0.29) is 48.4 Å². The van der Waals surface area contributed by atoms with Crippen molar-refractivity contribution in [1.29, 1.82) is 0 Å². The van der Waals surface area contributed by atoms with Crippen LogP contribution < -0.4 is 5.32 Å². The van der Waals surface area contributed by atoms with Crippen LogP contribution >= 0.6 is 0 Å². The summed E-state index contributed by atoms with van der Waals surface area (Å²) in [6, 6.07) is 13.1. The number of carbonyl (C=O) groups excluding carboxylic acids is 5. The van der Waals surface area contributed by atoms with Crippen LogP contribution in [0.15, 0.2) is 54.7 Å². The van der Waals surface area contributed by atoms with Gasteiger partial charge in [-0.25, -0.2) is 0 Å². The predicted molar refractivity (Wildman–Crippen MR) is 118 cm³/mol. The third kappa shape index (κ3) is 3.59. The fraction of sp³-hybridized carbons (Fsp3) is 0.200.